The van der Waals surface area contributed by atoms with Gasteiger partial charge in [-0.05, 0) is 81.3 Å². The van der Waals surface area contributed by atoms with Gasteiger partial charge in [0, 0.05) is 18.6 Å². The van der Waals surface area contributed by atoms with E-state index < -0.39 is 21.0 Å². The number of fused-ring (bicyclic) bond motifs is 3. The molecule has 0 bridgehead atoms. The Balaban J connectivity index is 1.95. The monoisotopic (exact) mass is 550 g/mol. The third kappa shape index (κ3) is 2.39. The topological polar surface area (TPSA) is 51.2 Å². The lowest BCUT2D eigenvalue weighted by Gasteiger charge is -2.36. The van der Waals surface area contributed by atoms with E-state index in [1.165, 1.54) is 0 Å². The number of sulfone groups is 1. The van der Waals surface area contributed by atoms with Crippen LogP contribution in [0, 0.1) is 13.1 Å². The number of carbonyl (C=O) groups excluding carboxylic acids is 1. The van der Waals surface area contributed by atoms with Crippen LogP contribution in [0.5, 0.6) is 0 Å². The Kier molecular flexibility index (Phi) is 3.84. The minimum atomic E-state index is -3.50. The Morgan fingerprint density at radius 2 is 1.65 bits per heavy atom. The molecule has 1 heterocycles. The standard InChI is InChI=1S/C17H12I2O3S/c18-11-7-13-16(20)12-5-9-3-1-2-4-10(9)6-15(12)23(21,22)17(13)14(19)8-11/h1-4,7-8,12,15H,5-6H2. The maximum atomic E-state index is 13.2. The molecular formula is C17H12I2O3S. The van der Waals surface area contributed by atoms with Crippen LogP contribution in [0.1, 0.15) is 21.5 Å². The van der Waals surface area contributed by atoms with Crippen LogP contribution < -0.4 is 0 Å². The molecule has 1 aliphatic carbocycles. The van der Waals surface area contributed by atoms with Gasteiger partial charge in [0.25, 0.3) is 0 Å². The zero-order valence-corrected chi connectivity index (χ0v) is 17.1. The molecule has 2 atom stereocenters. The van der Waals surface area contributed by atoms with Crippen molar-refractivity contribution in [2.75, 3.05) is 0 Å². The number of carbonyl (C=O) groups is 1. The summed E-state index contributed by atoms with van der Waals surface area (Å²) in [4.78, 5) is 13.2. The number of ketones is 1. The Morgan fingerprint density at radius 1 is 1.00 bits per heavy atom. The van der Waals surface area contributed by atoms with Gasteiger partial charge >= 0.3 is 0 Å². The van der Waals surface area contributed by atoms with Crippen LogP contribution >= 0.6 is 45.2 Å². The van der Waals surface area contributed by atoms with Gasteiger partial charge in [-0.25, -0.2) is 8.42 Å². The van der Waals surface area contributed by atoms with Crippen molar-refractivity contribution in [1.82, 2.24) is 0 Å². The molecule has 2 aromatic rings. The first-order valence-electron chi connectivity index (χ1n) is 7.23. The van der Waals surface area contributed by atoms with E-state index in [-0.39, 0.29) is 10.7 Å². The van der Waals surface area contributed by atoms with E-state index in [0.29, 0.717) is 22.0 Å². The third-order valence-electron chi connectivity index (χ3n) is 4.72. The number of Topliss-reactive ketones (excluding diaryl/α,β-unsaturated/α-hetero) is 1. The molecule has 118 valence electrons. The molecule has 0 radical (unpaired) electrons. The normalized spacial score (nSPS) is 24.5. The molecule has 0 spiro atoms. The first kappa shape index (κ1) is 16.0. The summed E-state index contributed by atoms with van der Waals surface area (Å²) in [6, 6.07) is 11.4. The van der Waals surface area contributed by atoms with Crippen molar-refractivity contribution in [1.29, 1.82) is 0 Å². The van der Waals surface area contributed by atoms with Crippen LogP contribution in [0.25, 0.3) is 0 Å². The molecule has 0 saturated carbocycles. The summed E-state index contributed by atoms with van der Waals surface area (Å²) in [5.41, 5.74) is 2.53. The Morgan fingerprint density at radius 3 is 2.35 bits per heavy atom. The predicted octanol–water partition coefficient (Wildman–Crippen LogP) is 3.65. The maximum absolute atomic E-state index is 13.2. The van der Waals surface area contributed by atoms with E-state index in [0.717, 1.165) is 14.7 Å². The molecule has 0 aromatic heterocycles. The molecule has 6 heteroatoms. The summed E-state index contributed by atoms with van der Waals surface area (Å²) in [7, 11) is -3.50. The summed E-state index contributed by atoms with van der Waals surface area (Å²) in [5.74, 6) is -0.484. The van der Waals surface area contributed by atoms with Crippen LogP contribution in [0.2, 0.25) is 0 Å². The highest BCUT2D eigenvalue weighted by Crippen LogP contribution is 2.42. The molecule has 0 fully saturated rings. The van der Waals surface area contributed by atoms with E-state index >= 15 is 0 Å². The van der Waals surface area contributed by atoms with Crippen LogP contribution in [-0.2, 0) is 22.7 Å². The summed E-state index contributed by atoms with van der Waals surface area (Å²) in [5, 5.41) is -0.633. The van der Waals surface area contributed by atoms with Gasteiger partial charge in [0.05, 0.1) is 10.1 Å². The number of rotatable bonds is 0. The Hall–Kier alpha value is -0.480. The van der Waals surface area contributed by atoms with Crippen molar-refractivity contribution in [2.45, 2.75) is 23.0 Å². The zero-order valence-electron chi connectivity index (χ0n) is 11.9. The van der Waals surface area contributed by atoms with Gasteiger partial charge in [-0.15, -0.1) is 0 Å². The second kappa shape index (κ2) is 5.52. The minimum Gasteiger partial charge on any atom is -0.294 e. The second-order valence-corrected chi connectivity index (χ2v) is 10.5. The first-order chi connectivity index (χ1) is 10.9. The number of halogens is 2. The number of hydrogen-bond donors (Lipinski definition) is 0. The third-order valence-corrected chi connectivity index (χ3v) is 8.86. The fourth-order valence-electron chi connectivity index (χ4n) is 3.65. The van der Waals surface area contributed by atoms with Crippen molar-refractivity contribution < 1.29 is 13.2 Å². The van der Waals surface area contributed by atoms with Gasteiger partial charge < -0.3 is 0 Å². The van der Waals surface area contributed by atoms with E-state index in [1.807, 2.05) is 52.9 Å². The highest BCUT2D eigenvalue weighted by molar-refractivity contribution is 14.1. The average Bonchev–Trinajstić information content (AvgIpc) is 2.50. The summed E-state index contributed by atoms with van der Waals surface area (Å²) >= 11 is 4.16. The molecule has 2 aliphatic rings. The van der Waals surface area contributed by atoms with Crippen molar-refractivity contribution in [3.8, 4) is 0 Å². The minimum absolute atomic E-state index is 0.0224. The SMILES string of the molecule is O=C1c2cc(I)cc(I)c2S(=O)(=O)C2Cc3ccccc3CC12. The smallest absolute Gasteiger partial charge is 0.184 e. The lowest BCUT2D eigenvalue weighted by Crippen LogP contribution is -2.45. The Bertz CT molecular complexity index is 950. The fraction of sp³-hybridized carbons (Fsp3) is 0.235. The van der Waals surface area contributed by atoms with Crippen LogP contribution in [-0.4, -0.2) is 19.5 Å². The lowest BCUT2D eigenvalue weighted by atomic mass is 9.79. The van der Waals surface area contributed by atoms with E-state index in [9.17, 15) is 13.2 Å². The molecule has 23 heavy (non-hydrogen) atoms. The first-order valence-corrected chi connectivity index (χ1v) is 10.9. The zero-order chi connectivity index (χ0) is 16.4. The van der Waals surface area contributed by atoms with Crippen LogP contribution in [0.4, 0.5) is 0 Å². The van der Waals surface area contributed by atoms with Crippen LogP contribution in [0.3, 0.4) is 0 Å². The molecule has 3 nitrogen and oxygen atoms in total. The van der Waals surface area contributed by atoms with Gasteiger partial charge in [0.1, 0.15) is 0 Å². The Labute approximate surface area is 162 Å². The highest BCUT2D eigenvalue weighted by Gasteiger charge is 2.48. The molecule has 4 rings (SSSR count). The largest absolute Gasteiger partial charge is 0.294 e. The predicted molar refractivity (Wildman–Crippen MR) is 105 cm³/mol. The van der Waals surface area contributed by atoms with E-state index in [4.69, 9.17) is 0 Å². The lowest BCUT2D eigenvalue weighted by molar-refractivity contribution is 0.0901. The van der Waals surface area contributed by atoms with Crippen molar-refractivity contribution >= 4 is 60.8 Å². The summed E-state index contributed by atoms with van der Waals surface area (Å²) in [6.07, 6.45) is 0.941. The quantitative estimate of drug-likeness (QED) is 0.471. The van der Waals surface area contributed by atoms with Gasteiger partial charge in [0.15, 0.2) is 15.6 Å². The second-order valence-electron chi connectivity index (χ2n) is 6.00. The van der Waals surface area contributed by atoms with E-state index in [1.54, 1.807) is 6.07 Å². The van der Waals surface area contributed by atoms with Crippen LogP contribution in [0.15, 0.2) is 41.3 Å². The molecule has 1 aliphatic heterocycles. The molecule has 2 unspecified atom stereocenters. The average molecular weight is 550 g/mol. The summed E-state index contributed by atoms with van der Waals surface area (Å²) < 4.78 is 27.9. The molecule has 0 N–H and O–H groups in total. The summed E-state index contributed by atoms with van der Waals surface area (Å²) in [6.45, 7) is 0. The fourth-order valence-corrected chi connectivity index (χ4v) is 8.57. The maximum Gasteiger partial charge on any atom is 0.184 e. The van der Waals surface area contributed by atoms with Gasteiger partial charge in [-0.3, -0.25) is 4.79 Å². The number of benzene rings is 2. The van der Waals surface area contributed by atoms with Gasteiger partial charge in [0.2, 0.25) is 0 Å². The van der Waals surface area contributed by atoms with E-state index in [2.05, 4.69) is 22.6 Å². The van der Waals surface area contributed by atoms with Gasteiger partial charge in [-0.2, -0.15) is 0 Å². The van der Waals surface area contributed by atoms with Crippen molar-refractivity contribution in [3.63, 3.8) is 0 Å². The molecular weight excluding hydrogens is 538 g/mol. The van der Waals surface area contributed by atoms with Crippen molar-refractivity contribution in [3.05, 3.63) is 60.2 Å². The number of hydrogen-bond acceptors (Lipinski definition) is 3. The molecule has 2 aromatic carbocycles. The molecule has 0 amide bonds. The molecule has 0 saturated heterocycles. The van der Waals surface area contributed by atoms with Crippen molar-refractivity contribution in [2.24, 2.45) is 5.92 Å². The highest BCUT2D eigenvalue weighted by atomic mass is 127. The van der Waals surface area contributed by atoms with Gasteiger partial charge in [-0.1, -0.05) is 24.3 Å².